The van der Waals surface area contributed by atoms with Crippen molar-refractivity contribution in [3.05, 3.63) is 32.8 Å². The lowest BCUT2D eigenvalue weighted by Crippen LogP contribution is -1.84. The van der Waals surface area contributed by atoms with Gasteiger partial charge in [-0.15, -0.1) is 22.7 Å². The van der Waals surface area contributed by atoms with Gasteiger partial charge in [-0.05, 0) is 35.9 Å². The Hall–Kier alpha value is -0.600. The topological polar surface area (TPSA) is 0 Å². The highest BCUT2D eigenvalue weighted by Crippen LogP contribution is 2.44. The number of hydrogen-bond donors (Lipinski definition) is 0. The molecule has 23 heavy (non-hydrogen) atoms. The van der Waals surface area contributed by atoms with Crippen LogP contribution in [0.15, 0.2) is 17.5 Å². The Bertz CT molecular complexity index is 591. The summed E-state index contributed by atoms with van der Waals surface area (Å²) in [5.41, 5.74) is 3.11. The van der Waals surface area contributed by atoms with Gasteiger partial charge in [0.15, 0.2) is 0 Å². The monoisotopic (exact) mass is 346 g/mol. The predicted molar refractivity (Wildman–Crippen MR) is 106 cm³/mol. The van der Waals surface area contributed by atoms with E-state index in [1.807, 2.05) is 11.3 Å². The third-order valence-electron chi connectivity index (χ3n) is 4.98. The molecule has 126 valence electrons. The standard InChI is InChI=1S/C21H30S2/c1-2-3-4-5-6-7-8-9-10-11-12-18-16-19-20(23-18)15-17-13-14-22-21(17)19/h13-14,16H,2-12,15H2,1H3. The van der Waals surface area contributed by atoms with E-state index in [9.17, 15) is 0 Å². The van der Waals surface area contributed by atoms with Gasteiger partial charge in [0.2, 0.25) is 0 Å². The molecule has 1 aliphatic rings. The minimum atomic E-state index is 1.19. The summed E-state index contributed by atoms with van der Waals surface area (Å²) in [6, 6.07) is 4.78. The third-order valence-corrected chi connectivity index (χ3v) is 7.16. The number of aryl methyl sites for hydroxylation is 1. The SMILES string of the molecule is CCCCCCCCCCCCc1cc2c(s1)Cc1ccsc1-2. The first-order chi connectivity index (χ1) is 11.4. The molecule has 0 bridgehead atoms. The van der Waals surface area contributed by atoms with Crippen molar-refractivity contribution in [2.75, 3.05) is 0 Å². The smallest absolute Gasteiger partial charge is 0.0389 e. The summed E-state index contributed by atoms with van der Waals surface area (Å²) in [5.74, 6) is 0. The fraction of sp³-hybridized carbons (Fsp3) is 0.619. The summed E-state index contributed by atoms with van der Waals surface area (Å²) in [5, 5.41) is 2.24. The number of unbranched alkanes of at least 4 members (excludes halogenated alkanes) is 9. The van der Waals surface area contributed by atoms with Crippen molar-refractivity contribution in [1.29, 1.82) is 0 Å². The van der Waals surface area contributed by atoms with Crippen molar-refractivity contribution in [3.63, 3.8) is 0 Å². The number of hydrogen-bond acceptors (Lipinski definition) is 2. The molecule has 2 aromatic heterocycles. The maximum Gasteiger partial charge on any atom is 0.0389 e. The molecule has 2 heteroatoms. The van der Waals surface area contributed by atoms with Crippen molar-refractivity contribution in [3.8, 4) is 10.4 Å². The molecule has 0 amide bonds. The first kappa shape index (κ1) is 17.2. The van der Waals surface area contributed by atoms with Gasteiger partial charge in [-0.25, -0.2) is 0 Å². The lowest BCUT2D eigenvalue weighted by Gasteiger charge is -2.02. The lowest BCUT2D eigenvalue weighted by atomic mass is 10.1. The van der Waals surface area contributed by atoms with E-state index in [0.717, 1.165) is 0 Å². The summed E-state index contributed by atoms with van der Waals surface area (Å²) >= 11 is 3.99. The summed E-state index contributed by atoms with van der Waals surface area (Å²) in [6.07, 6.45) is 16.8. The first-order valence-corrected chi connectivity index (χ1v) is 11.3. The van der Waals surface area contributed by atoms with Crippen LogP contribution in [0.25, 0.3) is 10.4 Å². The van der Waals surface area contributed by atoms with Crippen molar-refractivity contribution < 1.29 is 0 Å². The van der Waals surface area contributed by atoms with E-state index in [-0.39, 0.29) is 0 Å². The molecule has 0 saturated carbocycles. The van der Waals surface area contributed by atoms with Crippen molar-refractivity contribution in [2.24, 2.45) is 0 Å². The van der Waals surface area contributed by atoms with Gasteiger partial charge >= 0.3 is 0 Å². The van der Waals surface area contributed by atoms with Crippen LogP contribution >= 0.6 is 22.7 Å². The molecule has 1 aliphatic carbocycles. The molecule has 0 aliphatic heterocycles. The van der Waals surface area contributed by atoms with Gasteiger partial charge < -0.3 is 0 Å². The maximum atomic E-state index is 2.48. The summed E-state index contributed by atoms with van der Waals surface area (Å²) in [6.45, 7) is 2.29. The Morgan fingerprint density at radius 1 is 0.913 bits per heavy atom. The molecule has 0 atom stereocenters. The molecule has 0 nitrogen and oxygen atoms in total. The van der Waals surface area contributed by atoms with Crippen molar-refractivity contribution in [1.82, 2.24) is 0 Å². The lowest BCUT2D eigenvalue weighted by molar-refractivity contribution is 0.557. The summed E-state index contributed by atoms with van der Waals surface area (Å²) in [7, 11) is 0. The van der Waals surface area contributed by atoms with Crippen LogP contribution in [-0.2, 0) is 12.8 Å². The second-order valence-electron chi connectivity index (χ2n) is 6.93. The second kappa shape index (κ2) is 9.03. The number of fused-ring (bicyclic) bond motifs is 3. The quantitative estimate of drug-likeness (QED) is 0.310. The van der Waals surface area contributed by atoms with E-state index in [4.69, 9.17) is 0 Å². The molecule has 0 radical (unpaired) electrons. The zero-order valence-electron chi connectivity index (χ0n) is 14.5. The van der Waals surface area contributed by atoms with Crippen LogP contribution < -0.4 is 0 Å². The van der Waals surface area contributed by atoms with Crippen molar-refractivity contribution >= 4 is 22.7 Å². The van der Waals surface area contributed by atoms with Crippen LogP contribution in [0.1, 0.15) is 86.4 Å². The molecule has 0 aromatic carbocycles. The largest absolute Gasteiger partial charge is 0.144 e. The molecular formula is C21H30S2. The van der Waals surface area contributed by atoms with Gasteiger partial charge in [-0.3, -0.25) is 0 Å². The first-order valence-electron chi connectivity index (χ1n) is 9.57. The Labute approximate surface area is 150 Å². The van der Waals surface area contributed by atoms with Crippen LogP contribution in [0.4, 0.5) is 0 Å². The summed E-state index contributed by atoms with van der Waals surface area (Å²) < 4.78 is 0. The fourth-order valence-electron chi connectivity index (χ4n) is 3.60. The molecule has 0 N–H and O–H groups in total. The Morgan fingerprint density at radius 2 is 1.61 bits per heavy atom. The van der Waals surface area contributed by atoms with Gasteiger partial charge in [-0.2, -0.15) is 0 Å². The van der Waals surface area contributed by atoms with E-state index in [1.165, 1.54) is 77.0 Å². The number of thiophene rings is 2. The zero-order valence-corrected chi connectivity index (χ0v) is 16.2. The Kier molecular flexibility index (Phi) is 6.77. The predicted octanol–water partition coefficient (Wildman–Crippen LogP) is 7.84. The maximum absolute atomic E-state index is 2.48. The van der Waals surface area contributed by atoms with Gasteiger partial charge in [0.25, 0.3) is 0 Å². The van der Waals surface area contributed by atoms with E-state index >= 15 is 0 Å². The van der Waals surface area contributed by atoms with E-state index in [1.54, 1.807) is 25.8 Å². The highest BCUT2D eigenvalue weighted by molar-refractivity contribution is 7.16. The minimum Gasteiger partial charge on any atom is -0.144 e. The average Bonchev–Trinajstić information content (AvgIpc) is 3.21. The second-order valence-corrected chi connectivity index (χ2v) is 9.07. The van der Waals surface area contributed by atoms with Crippen molar-refractivity contribution in [2.45, 2.75) is 84.0 Å². The zero-order chi connectivity index (χ0) is 15.9. The van der Waals surface area contributed by atoms with Gasteiger partial charge in [-0.1, -0.05) is 64.7 Å². The number of rotatable bonds is 11. The summed E-state index contributed by atoms with van der Waals surface area (Å²) in [4.78, 5) is 4.79. The molecule has 0 unspecified atom stereocenters. The highest BCUT2D eigenvalue weighted by Gasteiger charge is 2.22. The molecule has 0 spiro atoms. The van der Waals surface area contributed by atoms with Crippen LogP contribution in [0.3, 0.4) is 0 Å². The molecule has 2 heterocycles. The molecular weight excluding hydrogens is 316 g/mol. The van der Waals surface area contributed by atoms with Crippen LogP contribution in [0.5, 0.6) is 0 Å². The average molecular weight is 347 g/mol. The van der Waals surface area contributed by atoms with Gasteiger partial charge in [0.05, 0.1) is 0 Å². The van der Waals surface area contributed by atoms with E-state index < -0.39 is 0 Å². The normalized spacial score (nSPS) is 12.6. The van der Waals surface area contributed by atoms with Gasteiger partial charge in [0.1, 0.15) is 0 Å². The van der Waals surface area contributed by atoms with E-state index in [0.29, 0.717) is 0 Å². The molecule has 0 fully saturated rings. The molecule has 3 rings (SSSR count). The minimum absolute atomic E-state index is 1.19. The molecule has 2 aromatic rings. The third kappa shape index (κ3) is 4.70. The Balaban J connectivity index is 1.27. The van der Waals surface area contributed by atoms with Crippen LogP contribution in [0, 0.1) is 0 Å². The fourth-order valence-corrected chi connectivity index (χ4v) is 5.87. The van der Waals surface area contributed by atoms with Crippen LogP contribution in [0.2, 0.25) is 0 Å². The highest BCUT2D eigenvalue weighted by atomic mass is 32.1. The molecule has 0 saturated heterocycles. The Morgan fingerprint density at radius 3 is 2.35 bits per heavy atom. The van der Waals surface area contributed by atoms with Crippen LogP contribution in [-0.4, -0.2) is 0 Å². The van der Waals surface area contributed by atoms with E-state index in [2.05, 4.69) is 35.8 Å². The van der Waals surface area contributed by atoms with Gasteiger partial charge in [0, 0.05) is 26.6 Å².